The second-order valence-electron chi connectivity index (χ2n) is 5.03. The van der Waals surface area contributed by atoms with Crippen LogP contribution in [0.4, 0.5) is 0 Å². The summed E-state index contributed by atoms with van der Waals surface area (Å²) in [5, 5.41) is 10.8. The van der Waals surface area contributed by atoms with E-state index >= 15 is 0 Å². The van der Waals surface area contributed by atoms with Crippen molar-refractivity contribution in [1.82, 2.24) is 20.5 Å². The monoisotopic (exact) mass is 356 g/mol. The molecule has 0 aliphatic heterocycles. The van der Waals surface area contributed by atoms with Crippen molar-refractivity contribution in [3.05, 3.63) is 38.3 Å². The van der Waals surface area contributed by atoms with Gasteiger partial charge in [-0.2, -0.15) is 5.10 Å². The number of aromatic nitrogens is 3. The van der Waals surface area contributed by atoms with Crippen molar-refractivity contribution in [2.45, 2.75) is 32.2 Å². The zero-order valence-corrected chi connectivity index (χ0v) is 13.2. The number of amides is 1. The molecule has 0 spiro atoms. The minimum Gasteiger partial charge on any atom is -0.348 e. The lowest BCUT2D eigenvalue weighted by atomic mass is 9.92. The second-order valence-corrected chi connectivity index (χ2v) is 6.23. The normalized spacial score (nSPS) is 17.9. The first-order valence-corrected chi connectivity index (χ1v) is 7.59. The van der Waals surface area contributed by atoms with Gasteiger partial charge in [0.05, 0.1) is 10.7 Å². The summed E-state index contributed by atoms with van der Waals surface area (Å²) in [7, 11) is 0. The quantitative estimate of drug-likeness (QED) is 0.773. The third kappa shape index (κ3) is 2.50. The fourth-order valence-corrected chi connectivity index (χ4v) is 3.04. The molecule has 1 amide bonds. The highest BCUT2D eigenvalue weighted by atomic mass is 79.9. The fourth-order valence-electron chi connectivity index (χ4n) is 2.55. The lowest BCUT2D eigenvalue weighted by molar-refractivity contribution is 0.0929. The molecule has 0 fully saturated rings. The maximum atomic E-state index is 12.2. The van der Waals surface area contributed by atoms with Crippen LogP contribution < -0.4 is 5.32 Å². The molecule has 2 aromatic heterocycles. The molecule has 20 heavy (non-hydrogen) atoms. The van der Waals surface area contributed by atoms with Gasteiger partial charge < -0.3 is 10.3 Å². The molecule has 106 valence electrons. The van der Waals surface area contributed by atoms with Crippen LogP contribution in [0.15, 0.2) is 10.7 Å². The zero-order chi connectivity index (χ0) is 14.3. The first-order chi connectivity index (χ1) is 9.54. The number of nitrogens with one attached hydrogen (secondary N) is 3. The summed E-state index contributed by atoms with van der Waals surface area (Å²) in [5.74, 6) is -0.132. The van der Waals surface area contributed by atoms with Gasteiger partial charge >= 0.3 is 0 Å². The van der Waals surface area contributed by atoms with E-state index < -0.39 is 0 Å². The fraction of sp³-hybridized carbons (Fsp3) is 0.385. The highest BCUT2D eigenvalue weighted by Crippen LogP contribution is 2.24. The molecule has 7 heteroatoms. The lowest BCUT2D eigenvalue weighted by Crippen LogP contribution is -2.39. The molecule has 2 heterocycles. The van der Waals surface area contributed by atoms with E-state index in [9.17, 15) is 4.79 Å². The summed E-state index contributed by atoms with van der Waals surface area (Å²) in [4.78, 5) is 15.1. The van der Waals surface area contributed by atoms with Gasteiger partial charge in [0.15, 0.2) is 0 Å². The van der Waals surface area contributed by atoms with Crippen LogP contribution in [0.5, 0.6) is 0 Å². The van der Waals surface area contributed by atoms with Crippen molar-refractivity contribution in [3.8, 4) is 0 Å². The number of hydrogen-bond donors (Lipinski definition) is 3. The van der Waals surface area contributed by atoms with Gasteiger partial charge in [-0.1, -0.05) is 11.6 Å². The Balaban J connectivity index is 1.70. The molecule has 1 aliphatic rings. The molecule has 0 bridgehead atoms. The van der Waals surface area contributed by atoms with Crippen LogP contribution in [-0.4, -0.2) is 27.1 Å². The molecule has 0 radical (unpaired) electrons. The van der Waals surface area contributed by atoms with E-state index in [1.165, 1.54) is 5.56 Å². The number of aryl methyl sites for hydroxylation is 2. The molecule has 0 saturated heterocycles. The molecule has 1 atom stereocenters. The number of nitrogens with zero attached hydrogens (tertiary/aromatic N) is 1. The SMILES string of the molecule is Cc1[nH]nc2c1CC(NC(=O)c1cc(Cl)c(Br)[nH]1)CC2. The van der Waals surface area contributed by atoms with Crippen molar-refractivity contribution in [2.75, 3.05) is 0 Å². The summed E-state index contributed by atoms with van der Waals surface area (Å²) in [6.07, 6.45) is 2.61. The van der Waals surface area contributed by atoms with Gasteiger partial charge in [-0.05, 0) is 53.7 Å². The Morgan fingerprint density at radius 1 is 1.60 bits per heavy atom. The number of carbonyl (C=O) groups is 1. The molecular formula is C13H14BrClN4O. The van der Waals surface area contributed by atoms with E-state index in [4.69, 9.17) is 11.6 Å². The van der Waals surface area contributed by atoms with Crippen molar-refractivity contribution >= 4 is 33.4 Å². The molecule has 0 saturated carbocycles. The van der Waals surface area contributed by atoms with Crippen molar-refractivity contribution in [2.24, 2.45) is 0 Å². The van der Waals surface area contributed by atoms with Crippen LogP contribution in [0, 0.1) is 6.92 Å². The number of halogens is 2. The molecule has 3 N–H and O–H groups in total. The highest BCUT2D eigenvalue weighted by Gasteiger charge is 2.24. The van der Waals surface area contributed by atoms with Gasteiger partial charge in [-0.15, -0.1) is 0 Å². The summed E-state index contributed by atoms with van der Waals surface area (Å²) in [6.45, 7) is 2.01. The standard InChI is InChI=1S/C13H14BrClN4O/c1-6-8-4-7(2-3-10(8)19-18-6)16-13(20)11-5-9(15)12(14)17-11/h5,7,17H,2-4H2,1H3,(H,16,20)(H,18,19). The molecule has 3 rings (SSSR count). The van der Waals surface area contributed by atoms with Gasteiger partial charge in [0.1, 0.15) is 10.3 Å². The van der Waals surface area contributed by atoms with Crippen LogP contribution in [0.3, 0.4) is 0 Å². The Bertz CT molecular complexity index is 644. The minimum atomic E-state index is -0.132. The summed E-state index contributed by atoms with van der Waals surface area (Å²) >= 11 is 9.17. The number of rotatable bonds is 2. The van der Waals surface area contributed by atoms with Crippen molar-refractivity contribution in [1.29, 1.82) is 0 Å². The smallest absolute Gasteiger partial charge is 0.268 e. The number of hydrogen-bond acceptors (Lipinski definition) is 2. The Morgan fingerprint density at radius 2 is 2.40 bits per heavy atom. The maximum absolute atomic E-state index is 12.2. The van der Waals surface area contributed by atoms with Gasteiger partial charge in [-0.25, -0.2) is 0 Å². The van der Waals surface area contributed by atoms with Gasteiger partial charge in [-0.3, -0.25) is 9.89 Å². The Morgan fingerprint density at radius 3 is 3.10 bits per heavy atom. The number of aromatic amines is 2. The average Bonchev–Trinajstić information content (AvgIpc) is 2.95. The largest absolute Gasteiger partial charge is 0.348 e. The van der Waals surface area contributed by atoms with E-state index in [0.717, 1.165) is 30.7 Å². The second kappa shape index (κ2) is 5.26. The number of fused-ring (bicyclic) bond motifs is 1. The van der Waals surface area contributed by atoms with Gasteiger partial charge in [0, 0.05) is 11.7 Å². The molecule has 2 aromatic rings. The summed E-state index contributed by atoms with van der Waals surface area (Å²) in [5.41, 5.74) is 3.91. The predicted octanol–water partition coefficient (Wildman–Crippen LogP) is 2.75. The lowest BCUT2D eigenvalue weighted by Gasteiger charge is -2.22. The number of H-pyrrole nitrogens is 2. The first-order valence-electron chi connectivity index (χ1n) is 6.42. The van der Waals surface area contributed by atoms with E-state index in [1.807, 2.05) is 6.92 Å². The van der Waals surface area contributed by atoms with E-state index in [2.05, 4.69) is 36.4 Å². The number of carbonyl (C=O) groups excluding carboxylic acids is 1. The topological polar surface area (TPSA) is 73.6 Å². The Hall–Kier alpha value is -1.27. The van der Waals surface area contributed by atoms with Crippen LogP contribution in [0.2, 0.25) is 5.02 Å². The van der Waals surface area contributed by atoms with Crippen molar-refractivity contribution < 1.29 is 4.79 Å². The maximum Gasteiger partial charge on any atom is 0.268 e. The predicted molar refractivity (Wildman–Crippen MR) is 80.1 cm³/mol. The van der Waals surface area contributed by atoms with Crippen molar-refractivity contribution in [3.63, 3.8) is 0 Å². The van der Waals surface area contributed by atoms with E-state index in [1.54, 1.807) is 6.07 Å². The van der Waals surface area contributed by atoms with Gasteiger partial charge in [0.2, 0.25) is 0 Å². The van der Waals surface area contributed by atoms with E-state index in [-0.39, 0.29) is 11.9 Å². The average molecular weight is 358 g/mol. The first kappa shape index (κ1) is 13.7. The molecule has 0 aromatic carbocycles. The van der Waals surface area contributed by atoms with Crippen LogP contribution >= 0.6 is 27.5 Å². The summed E-state index contributed by atoms with van der Waals surface area (Å²) in [6, 6.07) is 1.75. The molecule has 1 aliphatic carbocycles. The summed E-state index contributed by atoms with van der Waals surface area (Å²) < 4.78 is 0.626. The minimum absolute atomic E-state index is 0.132. The Kier molecular flexibility index (Phi) is 3.60. The zero-order valence-electron chi connectivity index (χ0n) is 10.9. The van der Waals surface area contributed by atoms with Gasteiger partial charge in [0.25, 0.3) is 5.91 Å². The van der Waals surface area contributed by atoms with Crippen LogP contribution in [0.1, 0.15) is 33.9 Å². The highest BCUT2D eigenvalue weighted by molar-refractivity contribution is 9.10. The van der Waals surface area contributed by atoms with Crippen LogP contribution in [0.25, 0.3) is 0 Å². The third-order valence-corrected chi connectivity index (χ3v) is 4.80. The Labute approximate surface area is 129 Å². The molecule has 5 nitrogen and oxygen atoms in total. The van der Waals surface area contributed by atoms with E-state index in [0.29, 0.717) is 15.3 Å². The molecular weight excluding hydrogens is 344 g/mol. The van der Waals surface area contributed by atoms with Crippen LogP contribution in [-0.2, 0) is 12.8 Å². The third-order valence-electron chi connectivity index (χ3n) is 3.64. The molecule has 1 unspecified atom stereocenters.